The Morgan fingerprint density at radius 2 is 1.90 bits per heavy atom. The van der Waals surface area contributed by atoms with Crippen molar-refractivity contribution in [1.82, 2.24) is 20.4 Å². The SMILES string of the molecule is CCOC(=O)C1=C(CN2CCN(C(C)=O)CC2)NC(=O)N[C@H]1c1ccccc1Cl. The molecule has 1 atom stereocenters. The largest absolute Gasteiger partial charge is 0.463 e. The van der Waals surface area contributed by atoms with Crippen molar-refractivity contribution in [3.05, 3.63) is 46.1 Å². The summed E-state index contributed by atoms with van der Waals surface area (Å²) < 4.78 is 5.27. The molecule has 1 aromatic rings. The molecule has 1 saturated heterocycles. The average Bonchev–Trinajstić information content (AvgIpc) is 2.68. The Balaban J connectivity index is 1.92. The molecule has 0 unspecified atom stereocenters. The van der Waals surface area contributed by atoms with E-state index in [1.54, 1.807) is 43.0 Å². The number of esters is 1. The van der Waals surface area contributed by atoms with Crippen LogP contribution in [0.3, 0.4) is 0 Å². The van der Waals surface area contributed by atoms with Gasteiger partial charge >= 0.3 is 12.0 Å². The molecule has 156 valence electrons. The summed E-state index contributed by atoms with van der Waals surface area (Å²) in [4.78, 5) is 40.6. The fraction of sp³-hybridized carbons (Fsp3) is 0.450. The summed E-state index contributed by atoms with van der Waals surface area (Å²) >= 11 is 6.34. The molecule has 0 saturated carbocycles. The summed E-state index contributed by atoms with van der Waals surface area (Å²) in [6.45, 7) is 6.40. The van der Waals surface area contributed by atoms with Gasteiger partial charge in [0, 0.05) is 50.4 Å². The minimum Gasteiger partial charge on any atom is -0.463 e. The molecule has 3 rings (SSSR count). The Labute approximate surface area is 174 Å². The summed E-state index contributed by atoms with van der Waals surface area (Å²) in [6.07, 6.45) is 0. The first-order valence-corrected chi connectivity index (χ1v) is 9.98. The van der Waals surface area contributed by atoms with E-state index >= 15 is 0 Å². The highest BCUT2D eigenvalue weighted by Gasteiger charge is 2.35. The van der Waals surface area contributed by atoms with Crippen LogP contribution in [0.4, 0.5) is 4.79 Å². The number of nitrogens with one attached hydrogen (secondary N) is 2. The average molecular weight is 421 g/mol. The van der Waals surface area contributed by atoms with Crippen molar-refractivity contribution < 1.29 is 19.1 Å². The maximum atomic E-state index is 12.8. The second kappa shape index (κ2) is 9.28. The number of benzene rings is 1. The third-order valence-corrected chi connectivity index (χ3v) is 5.41. The molecular formula is C20H25ClN4O4. The molecule has 3 amide bonds. The van der Waals surface area contributed by atoms with Crippen molar-refractivity contribution in [2.75, 3.05) is 39.3 Å². The van der Waals surface area contributed by atoms with Crippen molar-refractivity contribution in [3.8, 4) is 0 Å². The third kappa shape index (κ3) is 4.89. The van der Waals surface area contributed by atoms with Crippen LogP contribution >= 0.6 is 11.6 Å². The second-order valence-electron chi connectivity index (χ2n) is 6.95. The van der Waals surface area contributed by atoms with E-state index in [1.165, 1.54) is 0 Å². The van der Waals surface area contributed by atoms with Gasteiger partial charge in [-0.1, -0.05) is 29.8 Å². The van der Waals surface area contributed by atoms with Gasteiger partial charge in [-0.05, 0) is 18.6 Å². The first-order chi connectivity index (χ1) is 13.9. The number of urea groups is 1. The molecule has 2 heterocycles. The van der Waals surface area contributed by atoms with Gasteiger partial charge in [0.15, 0.2) is 0 Å². The van der Waals surface area contributed by atoms with Crippen molar-refractivity contribution in [1.29, 1.82) is 0 Å². The van der Waals surface area contributed by atoms with Gasteiger partial charge in [0.25, 0.3) is 0 Å². The lowest BCUT2D eigenvalue weighted by molar-refractivity contribution is -0.139. The number of carbonyl (C=O) groups is 3. The number of ether oxygens (including phenoxy) is 1. The van der Waals surface area contributed by atoms with E-state index < -0.39 is 18.0 Å². The van der Waals surface area contributed by atoms with E-state index in [2.05, 4.69) is 15.5 Å². The fourth-order valence-corrected chi connectivity index (χ4v) is 3.82. The van der Waals surface area contributed by atoms with E-state index in [-0.39, 0.29) is 12.5 Å². The molecule has 9 heteroatoms. The van der Waals surface area contributed by atoms with Crippen LogP contribution in [0.1, 0.15) is 25.5 Å². The minimum absolute atomic E-state index is 0.0463. The smallest absolute Gasteiger partial charge is 0.338 e. The zero-order valence-corrected chi connectivity index (χ0v) is 17.3. The zero-order valence-electron chi connectivity index (χ0n) is 16.5. The van der Waals surface area contributed by atoms with Crippen LogP contribution in [0, 0.1) is 0 Å². The minimum atomic E-state index is -0.704. The molecule has 29 heavy (non-hydrogen) atoms. The predicted octanol–water partition coefficient (Wildman–Crippen LogP) is 1.68. The summed E-state index contributed by atoms with van der Waals surface area (Å²) in [5.41, 5.74) is 1.47. The van der Waals surface area contributed by atoms with Crippen LogP contribution in [0.5, 0.6) is 0 Å². The standard InChI is InChI=1S/C20H25ClN4O4/c1-3-29-19(27)17-16(12-24-8-10-25(11-9-24)13(2)26)22-20(28)23-18(17)14-6-4-5-7-15(14)21/h4-7,18H,3,8-12H2,1-2H3,(H2,22,23,28)/t18-/m0/s1. The normalized spacial score (nSPS) is 20.2. The van der Waals surface area contributed by atoms with Crippen LogP contribution < -0.4 is 10.6 Å². The van der Waals surface area contributed by atoms with Gasteiger partial charge in [0.2, 0.25) is 5.91 Å². The Bertz CT molecular complexity index is 834. The molecular weight excluding hydrogens is 396 g/mol. The first-order valence-electron chi connectivity index (χ1n) is 9.60. The zero-order chi connectivity index (χ0) is 21.0. The topological polar surface area (TPSA) is 91.0 Å². The number of piperazine rings is 1. The lowest BCUT2D eigenvalue weighted by Gasteiger charge is -2.36. The number of hydrogen-bond acceptors (Lipinski definition) is 5. The molecule has 1 fully saturated rings. The van der Waals surface area contributed by atoms with E-state index in [4.69, 9.17) is 16.3 Å². The van der Waals surface area contributed by atoms with Crippen LogP contribution in [0.15, 0.2) is 35.5 Å². The van der Waals surface area contributed by atoms with Gasteiger partial charge in [-0.2, -0.15) is 0 Å². The first kappa shape index (κ1) is 21.1. The summed E-state index contributed by atoms with van der Waals surface area (Å²) in [5, 5.41) is 6.01. The quantitative estimate of drug-likeness (QED) is 0.707. The summed E-state index contributed by atoms with van der Waals surface area (Å²) in [7, 11) is 0. The number of halogens is 1. The Morgan fingerprint density at radius 1 is 1.21 bits per heavy atom. The lowest BCUT2D eigenvalue weighted by atomic mass is 9.95. The highest BCUT2D eigenvalue weighted by Crippen LogP contribution is 2.32. The van der Waals surface area contributed by atoms with E-state index in [0.717, 1.165) is 0 Å². The van der Waals surface area contributed by atoms with Crippen molar-refractivity contribution in [3.63, 3.8) is 0 Å². The van der Waals surface area contributed by atoms with E-state index in [0.29, 0.717) is 54.6 Å². The maximum Gasteiger partial charge on any atom is 0.338 e. The number of hydrogen-bond donors (Lipinski definition) is 2. The summed E-state index contributed by atoms with van der Waals surface area (Å²) in [5.74, 6) is -0.452. The molecule has 1 aromatic carbocycles. The fourth-order valence-electron chi connectivity index (χ4n) is 3.58. The van der Waals surface area contributed by atoms with Gasteiger partial charge in [-0.15, -0.1) is 0 Å². The van der Waals surface area contributed by atoms with Crippen LogP contribution in [0.25, 0.3) is 0 Å². The summed E-state index contributed by atoms with van der Waals surface area (Å²) in [6, 6.07) is 5.98. The van der Waals surface area contributed by atoms with Crippen molar-refractivity contribution >= 4 is 29.5 Å². The molecule has 0 bridgehead atoms. The molecule has 2 aliphatic rings. The van der Waals surface area contributed by atoms with Gasteiger partial charge in [-0.3, -0.25) is 9.69 Å². The monoisotopic (exact) mass is 420 g/mol. The number of nitrogens with zero attached hydrogens (tertiary/aromatic N) is 2. The molecule has 0 radical (unpaired) electrons. The van der Waals surface area contributed by atoms with Gasteiger partial charge in [0.1, 0.15) is 0 Å². The van der Waals surface area contributed by atoms with Gasteiger partial charge < -0.3 is 20.3 Å². The molecule has 8 nitrogen and oxygen atoms in total. The van der Waals surface area contributed by atoms with E-state index in [1.807, 2.05) is 0 Å². The Kier molecular flexibility index (Phi) is 6.76. The maximum absolute atomic E-state index is 12.8. The molecule has 2 aliphatic heterocycles. The van der Waals surface area contributed by atoms with Gasteiger partial charge in [0.05, 0.1) is 18.2 Å². The molecule has 0 aromatic heterocycles. The Morgan fingerprint density at radius 3 is 2.52 bits per heavy atom. The number of rotatable bonds is 5. The van der Waals surface area contributed by atoms with Crippen LogP contribution in [0.2, 0.25) is 5.02 Å². The molecule has 0 aliphatic carbocycles. The third-order valence-electron chi connectivity index (χ3n) is 5.06. The number of amides is 3. The highest BCUT2D eigenvalue weighted by atomic mass is 35.5. The van der Waals surface area contributed by atoms with Crippen LogP contribution in [-0.2, 0) is 14.3 Å². The molecule has 0 spiro atoms. The Hall–Kier alpha value is -2.58. The van der Waals surface area contributed by atoms with Crippen molar-refractivity contribution in [2.24, 2.45) is 0 Å². The lowest BCUT2D eigenvalue weighted by Crippen LogP contribution is -2.52. The van der Waals surface area contributed by atoms with Crippen molar-refractivity contribution in [2.45, 2.75) is 19.9 Å². The predicted molar refractivity (Wildman–Crippen MR) is 108 cm³/mol. The molecule has 2 N–H and O–H groups in total. The number of carbonyl (C=O) groups excluding carboxylic acids is 3. The second-order valence-corrected chi connectivity index (χ2v) is 7.36. The highest BCUT2D eigenvalue weighted by molar-refractivity contribution is 6.31. The van der Waals surface area contributed by atoms with E-state index in [9.17, 15) is 14.4 Å². The van der Waals surface area contributed by atoms with Crippen LogP contribution in [-0.4, -0.2) is 67.0 Å². The van der Waals surface area contributed by atoms with Gasteiger partial charge in [-0.25, -0.2) is 9.59 Å².